The summed E-state index contributed by atoms with van der Waals surface area (Å²) in [6, 6.07) is 5.54. The Kier molecular flexibility index (Phi) is 8.34. The summed E-state index contributed by atoms with van der Waals surface area (Å²) < 4.78 is 18.9. The topological polar surface area (TPSA) is 83.6 Å². The zero-order chi connectivity index (χ0) is 20.5. The molecule has 0 radical (unpaired) electrons. The summed E-state index contributed by atoms with van der Waals surface area (Å²) in [5.74, 6) is -0.753. The molecule has 0 unspecified atom stereocenters. The minimum atomic E-state index is -0.513. The lowest BCUT2D eigenvalue weighted by Gasteiger charge is -2.22. The van der Waals surface area contributed by atoms with Crippen molar-refractivity contribution < 1.29 is 18.7 Å². The number of halogens is 1. The fraction of sp³-hybridized carbons (Fsp3) is 0.421. The number of amides is 3. The number of carbonyl (C=O) groups excluding carboxylic acids is 2. The Labute approximate surface area is 167 Å². The third kappa shape index (κ3) is 6.28. The smallest absolute Gasteiger partial charge is 0.322 e. The molecule has 1 heterocycles. The average Bonchev–Trinajstić information content (AvgIpc) is 3.15. The quantitative estimate of drug-likeness (QED) is 0.665. The summed E-state index contributed by atoms with van der Waals surface area (Å²) in [5.41, 5.74) is 0.421. The number of rotatable bonds is 9. The lowest BCUT2D eigenvalue weighted by atomic mass is 10.2. The van der Waals surface area contributed by atoms with Crippen molar-refractivity contribution in [1.29, 1.82) is 0 Å². The zero-order valence-electron chi connectivity index (χ0n) is 16.2. The molecule has 0 aliphatic rings. The summed E-state index contributed by atoms with van der Waals surface area (Å²) in [4.78, 5) is 30.6. The van der Waals surface area contributed by atoms with E-state index in [1.54, 1.807) is 17.5 Å². The van der Waals surface area contributed by atoms with Crippen LogP contribution in [0.1, 0.15) is 35.8 Å². The maximum Gasteiger partial charge on any atom is 0.322 e. The largest absolute Gasteiger partial charge is 0.383 e. The van der Waals surface area contributed by atoms with Gasteiger partial charge in [-0.3, -0.25) is 4.79 Å². The number of carbonyl (C=O) groups is 2. The van der Waals surface area contributed by atoms with Crippen LogP contribution in [0.2, 0.25) is 0 Å². The molecule has 2 rings (SSSR count). The third-order valence-corrected chi connectivity index (χ3v) is 4.90. The van der Waals surface area contributed by atoms with Crippen LogP contribution < -0.4 is 10.6 Å². The van der Waals surface area contributed by atoms with Gasteiger partial charge in [-0.2, -0.15) is 0 Å². The summed E-state index contributed by atoms with van der Waals surface area (Å²) in [6.07, 6.45) is 0.823. The number of urea groups is 1. The first-order valence-corrected chi connectivity index (χ1v) is 9.87. The van der Waals surface area contributed by atoms with E-state index >= 15 is 0 Å². The highest BCUT2D eigenvalue weighted by molar-refractivity contribution is 7.09. The molecule has 1 atom stereocenters. The van der Waals surface area contributed by atoms with Crippen LogP contribution in [0.4, 0.5) is 14.9 Å². The first kappa shape index (κ1) is 21.8. The monoisotopic (exact) mass is 408 g/mol. The maximum atomic E-state index is 13.8. The molecule has 0 saturated carbocycles. The van der Waals surface area contributed by atoms with Crippen molar-refractivity contribution in [2.45, 2.75) is 32.9 Å². The van der Waals surface area contributed by atoms with Crippen LogP contribution in [0.15, 0.2) is 29.6 Å². The number of nitrogens with one attached hydrogen (secondary N) is 2. The Morgan fingerprint density at radius 1 is 1.36 bits per heavy atom. The number of hydrogen-bond donors (Lipinski definition) is 2. The third-order valence-electron chi connectivity index (χ3n) is 4.07. The van der Waals surface area contributed by atoms with E-state index in [9.17, 15) is 14.0 Å². The van der Waals surface area contributed by atoms with Gasteiger partial charge in [0.05, 0.1) is 18.8 Å². The van der Waals surface area contributed by atoms with Gasteiger partial charge in [-0.1, -0.05) is 19.1 Å². The molecule has 9 heteroatoms. The van der Waals surface area contributed by atoms with Crippen LogP contribution in [0.25, 0.3) is 0 Å². The van der Waals surface area contributed by atoms with Gasteiger partial charge < -0.3 is 20.3 Å². The number of nitrogens with zero attached hydrogens (tertiary/aromatic N) is 2. The normalized spacial score (nSPS) is 11.7. The van der Waals surface area contributed by atoms with Crippen molar-refractivity contribution in [2.75, 3.05) is 25.6 Å². The summed E-state index contributed by atoms with van der Waals surface area (Å²) >= 11 is 1.29. The van der Waals surface area contributed by atoms with Crippen molar-refractivity contribution >= 4 is 29.0 Å². The van der Waals surface area contributed by atoms with Gasteiger partial charge in [0.25, 0.3) is 5.91 Å². The number of hydrogen-bond acceptors (Lipinski definition) is 5. The van der Waals surface area contributed by atoms with Gasteiger partial charge in [-0.15, -0.1) is 11.3 Å². The molecule has 1 aromatic heterocycles. The molecule has 3 amide bonds. The van der Waals surface area contributed by atoms with Gasteiger partial charge in [-0.25, -0.2) is 14.2 Å². The number of benzene rings is 1. The van der Waals surface area contributed by atoms with Crippen LogP contribution in [0.3, 0.4) is 0 Å². The second-order valence-electron chi connectivity index (χ2n) is 6.23. The van der Waals surface area contributed by atoms with E-state index in [2.05, 4.69) is 15.6 Å². The first-order chi connectivity index (χ1) is 13.4. The fourth-order valence-corrected chi connectivity index (χ4v) is 3.05. The zero-order valence-corrected chi connectivity index (χ0v) is 17.0. The predicted octanol–water partition coefficient (Wildman–Crippen LogP) is 3.49. The highest BCUT2D eigenvalue weighted by Gasteiger charge is 2.19. The van der Waals surface area contributed by atoms with Crippen molar-refractivity contribution in [1.82, 2.24) is 15.2 Å². The van der Waals surface area contributed by atoms with Crippen LogP contribution in [0.5, 0.6) is 0 Å². The lowest BCUT2D eigenvalue weighted by Crippen LogP contribution is -2.37. The Morgan fingerprint density at radius 2 is 2.11 bits per heavy atom. The predicted molar refractivity (Wildman–Crippen MR) is 107 cm³/mol. The molecule has 0 fully saturated rings. The molecule has 0 bridgehead atoms. The summed E-state index contributed by atoms with van der Waals surface area (Å²) in [5, 5.41) is 7.68. The van der Waals surface area contributed by atoms with E-state index < -0.39 is 11.8 Å². The molecule has 2 N–H and O–H groups in total. The Bertz CT molecular complexity index is 799. The lowest BCUT2D eigenvalue weighted by molar-refractivity contribution is 0.0934. The maximum absolute atomic E-state index is 13.8. The van der Waals surface area contributed by atoms with Gasteiger partial charge in [-0.05, 0) is 25.5 Å². The van der Waals surface area contributed by atoms with Gasteiger partial charge in [0.2, 0.25) is 0 Å². The van der Waals surface area contributed by atoms with Crippen LogP contribution in [-0.2, 0) is 11.3 Å². The molecule has 28 heavy (non-hydrogen) atoms. The highest BCUT2D eigenvalue weighted by atomic mass is 32.1. The van der Waals surface area contributed by atoms with Crippen LogP contribution >= 0.6 is 11.3 Å². The Morgan fingerprint density at radius 3 is 2.79 bits per heavy atom. The van der Waals surface area contributed by atoms with Crippen LogP contribution in [-0.4, -0.2) is 48.1 Å². The highest BCUT2D eigenvalue weighted by Crippen LogP contribution is 2.16. The fourth-order valence-electron chi connectivity index (χ4n) is 2.26. The molecule has 0 spiro atoms. The Balaban J connectivity index is 2.06. The van der Waals surface area contributed by atoms with E-state index in [1.807, 2.05) is 13.8 Å². The molecular weight excluding hydrogens is 383 g/mol. The minimum absolute atomic E-state index is 0.0578. The van der Waals surface area contributed by atoms with E-state index in [-0.39, 0.29) is 24.2 Å². The van der Waals surface area contributed by atoms with E-state index in [0.29, 0.717) is 23.9 Å². The number of methoxy groups -OCH3 is 1. The molecule has 2 aromatic rings. The molecule has 0 saturated heterocycles. The number of aromatic nitrogens is 1. The number of para-hydroxylation sites is 1. The SMILES string of the molecule is CC[C@H](C)NC(=O)c1csc(CN(CCOC)C(=O)Nc2ccccc2F)n1. The number of anilines is 1. The molecule has 0 aliphatic heterocycles. The molecule has 1 aromatic carbocycles. The van der Waals surface area contributed by atoms with Crippen molar-refractivity contribution in [3.05, 3.63) is 46.2 Å². The summed E-state index contributed by atoms with van der Waals surface area (Å²) in [6.45, 7) is 4.71. The van der Waals surface area contributed by atoms with Crippen molar-refractivity contribution in [3.63, 3.8) is 0 Å². The first-order valence-electron chi connectivity index (χ1n) is 8.99. The van der Waals surface area contributed by atoms with Gasteiger partial charge >= 0.3 is 6.03 Å². The standard InChI is InChI=1S/C19H25FN4O3S/c1-4-13(2)21-18(25)16-12-28-17(22-16)11-24(9-10-27-3)19(26)23-15-8-6-5-7-14(15)20/h5-8,12-13H,4,9-11H2,1-3H3,(H,21,25)(H,23,26)/t13-/m0/s1. The number of thiazole rings is 1. The van der Waals surface area contributed by atoms with Crippen molar-refractivity contribution in [2.24, 2.45) is 0 Å². The van der Waals surface area contributed by atoms with E-state index in [1.165, 1.54) is 35.5 Å². The molecule has 7 nitrogen and oxygen atoms in total. The average molecular weight is 408 g/mol. The van der Waals surface area contributed by atoms with Gasteiger partial charge in [0.1, 0.15) is 16.5 Å². The van der Waals surface area contributed by atoms with Crippen molar-refractivity contribution in [3.8, 4) is 0 Å². The van der Waals surface area contributed by atoms with Gasteiger partial charge in [0.15, 0.2) is 0 Å². The molecular formula is C19H25FN4O3S. The van der Waals surface area contributed by atoms with Crippen LogP contribution in [0, 0.1) is 5.82 Å². The van der Waals surface area contributed by atoms with Gasteiger partial charge in [0, 0.05) is 25.1 Å². The van der Waals surface area contributed by atoms with E-state index in [4.69, 9.17) is 4.74 Å². The van der Waals surface area contributed by atoms with E-state index in [0.717, 1.165) is 6.42 Å². The summed E-state index contributed by atoms with van der Waals surface area (Å²) in [7, 11) is 1.54. The second-order valence-corrected chi connectivity index (χ2v) is 7.18. The Hall–Kier alpha value is -2.52. The number of ether oxygens (including phenoxy) is 1. The minimum Gasteiger partial charge on any atom is -0.383 e. The molecule has 152 valence electrons. The second kappa shape index (κ2) is 10.7. The molecule has 0 aliphatic carbocycles.